The molecule has 0 unspecified atom stereocenters. The summed E-state index contributed by atoms with van der Waals surface area (Å²) in [7, 11) is 0. The van der Waals surface area contributed by atoms with Crippen LogP contribution in [0.15, 0.2) is 18.2 Å². The molecule has 3 rings (SSSR count). The fourth-order valence-corrected chi connectivity index (χ4v) is 3.23. The van der Waals surface area contributed by atoms with Crippen LogP contribution in [-0.4, -0.2) is 10.4 Å². The molecule has 0 atom stereocenters. The van der Waals surface area contributed by atoms with Crippen LogP contribution >= 0.6 is 0 Å². The maximum Gasteiger partial charge on any atom is 0.0317 e. The lowest BCUT2D eigenvalue weighted by molar-refractivity contribution is 0.00858. The third-order valence-electron chi connectivity index (χ3n) is 4.57. The van der Waals surface area contributed by atoms with Gasteiger partial charge in [0.05, 0.1) is 0 Å². The first-order chi connectivity index (χ1) is 7.73. The van der Waals surface area contributed by atoms with Crippen LogP contribution < -0.4 is 5.73 Å². The van der Waals surface area contributed by atoms with Crippen LogP contribution in [0.1, 0.15) is 43.7 Å². The molecule has 2 nitrogen and oxygen atoms in total. The summed E-state index contributed by atoms with van der Waals surface area (Å²) in [5.74, 6) is 0. The summed E-state index contributed by atoms with van der Waals surface area (Å²) >= 11 is 0. The average molecular weight is 216 g/mol. The Bertz CT molecular complexity index is 402. The highest BCUT2D eigenvalue weighted by molar-refractivity contribution is 5.46. The third-order valence-corrected chi connectivity index (χ3v) is 4.57. The first-order valence-corrected chi connectivity index (χ1v) is 6.36. The predicted octanol–water partition coefficient (Wildman–Crippen LogP) is 2.92. The molecule has 1 aromatic carbocycles. The van der Waals surface area contributed by atoms with Crippen molar-refractivity contribution in [3.8, 4) is 0 Å². The van der Waals surface area contributed by atoms with Gasteiger partial charge in [-0.05, 0) is 48.9 Å². The van der Waals surface area contributed by atoms with E-state index in [1.807, 2.05) is 6.07 Å². The van der Waals surface area contributed by atoms with Gasteiger partial charge in [0.2, 0.25) is 0 Å². The van der Waals surface area contributed by atoms with Crippen molar-refractivity contribution in [1.29, 1.82) is 0 Å². The van der Waals surface area contributed by atoms with Gasteiger partial charge in [-0.15, -0.1) is 0 Å². The van der Waals surface area contributed by atoms with Crippen molar-refractivity contribution in [3.05, 3.63) is 29.3 Å². The number of hydrogen-bond donors (Lipinski definition) is 1. The molecule has 1 aromatic rings. The summed E-state index contributed by atoms with van der Waals surface area (Å²) in [5, 5.41) is 0. The van der Waals surface area contributed by atoms with E-state index in [9.17, 15) is 0 Å². The molecule has 1 fully saturated rings. The highest BCUT2D eigenvalue weighted by Crippen LogP contribution is 2.44. The third kappa shape index (κ3) is 1.36. The van der Waals surface area contributed by atoms with E-state index in [4.69, 9.17) is 5.73 Å². The zero-order valence-corrected chi connectivity index (χ0v) is 10.00. The minimum absolute atomic E-state index is 0.508. The van der Waals surface area contributed by atoms with Crippen LogP contribution in [0.3, 0.4) is 0 Å². The summed E-state index contributed by atoms with van der Waals surface area (Å²) in [6.07, 6.45) is 5.46. The molecule has 0 bridgehead atoms. The molecule has 2 N–H and O–H groups in total. The van der Waals surface area contributed by atoms with Crippen LogP contribution in [0.4, 0.5) is 5.69 Å². The Morgan fingerprint density at radius 2 is 2.00 bits per heavy atom. The highest BCUT2D eigenvalue weighted by atomic mass is 15.2. The molecule has 1 aliphatic carbocycles. The van der Waals surface area contributed by atoms with Gasteiger partial charge in [0, 0.05) is 24.3 Å². The van der Waals surface area contributed by atoms with Crippen molar-refractivity contribution in [3.63, 3.8) is 0 Å². The van der Waals surface area contributed by atoms with E-state index >= 15 is 0 Å². The number of anilines is 1. The van der Waals surface area contributed by atoms with Crippen LogP contribution in [0.25, 0.3) is 0 Å². The van der Waals surface area contributed by atoms with Gasteiger partial charge >= 0.3 is 0 Å². The first kappa shape index (κ1) is 10.2. The lowest BCUT2D eigenvalue weighted by Crippen LogP contribution is -2.50. The smallest absolute Gasteiger partial charge is 0.0317 e. The molecule has 2 heteroatoms. The molecule has 0 amide bonds. The molecular weight excluding hydrogens is 196 g/mol. The standard InChI is InChI=1S/C14H20N2/c1-2-14(6-3-7-14)16-9-11-4-5-13(15)8-12(11)10-16/h4-5,8H,2-3,6-7,9-10,15H2,1H3. The van der Waals surface area contributed by atoms with Gasteiger partial charge in [-0.3, -0.25) is 4.90 Å². The Balaban J connectivity index is 1.85. The second-order valence-corrected chi connectivity index (χ2v) is 5.32. The van der Waals surface area contributed by atoms with E-state index in [2.05, 4.69) is 24.0 Å². The minimum atomic E-state index is 0.508. The number of fused-ring (bicyclic) bond motifs is 1. The number of nitrogens with zero attached hydrogens (tertiary/aromatic N) is 1. The van der Waals surface area contributed by atoms with E-state index in [1.54, 1.807) is 0 Å². The average Bonchev–Trinajstić information content (AvgIpc) is 2.60. The van der Waals surface area contributed by atoms with Crippen molar-refractivity contribution >= 4 is 5.69 Å². The Labute approximate surface area is 97.4 Å². The summed E-state index contributed by atoms with van der Waals surface area (Å²) in [6, 6.07) is 6.38. The number of hydrogen-bond acceptors (Lipinski definition) is 2. The van der Waals surface area contributed by atoms with Gasteiger partial charge in [0.1, 0.15) is 0 Å². The van der Waals surface area contributed by atoms with Crippen LogP contribution in [0.5, 0.6) is 0 Å². The van der Waals surface area contributed by atoms with E-state index in [0.717, 1.165) is 18.8 Å². The van der Waals surface area contributed by atoms with Crippen molar-refractivity contribution in [2.45, 2.75) is 51.2 Å². The molecule has 1 saturated carbocycles. The molecule has 16 heavy (non-hydrogen) atoms. The van der Waals surface area contributed by atoms with Gasteiger partial charge in [0.25, 0.3) is 0 Å². The molecule has 0 saturated heterocycles. The quantitative estimate of drug-likeness (QED) is 0.770. The Kier molecular flexibility index (Phi) is 2.21. The number of nitrogen functional groups attached to an aromatic ring is 1. The molecule has 0 radical (unpaired) electrons. The van der Waals surface area contributed by atoms with Gasteiger partial charge in [0.15, 0.2) is 0 Å². The second kappa shape index (κ2) is 3.49. The predicted molar refractivity (Wildman–Crippen MR) is 67.0 cm³/mol. The van der Waals surface area contributed by atoms with Gasteiger partial charge in [-0.2, -0.15) is 0 Å². The maximum absolute atomic E-state index is 5.85. The molecule has 1 heterocycles. The van der Waals surface area contributed by atoms with E-state index < -0.39 is 0 Å². The SMILES string of the molecule is CCC1(N2Cc3ccc(N)cc3C2)CCC1. The number of nitrogens with two attached hydrogens (primary N) is 1. The Morgan fingerprint density at radius 3 is 2.62 bits per heavy atom. The molecule has 2 aliphatic rings. The summed E-state index contributed by atoms with van der Waals surface area (Å²) in [6.45, 7) is 4.56. The summed E-state index contributed by atoms with van der Waals surface area (Å²) in [4.78, 5) is 2.67. The zero-order valence-electron chi connectivity index (χ0n) is 10.00. The lowest BCUT2D eigenvalue weighted by Gasteiger charge is -2.48. The first-order valence-electron chi connectivity index (χ1n) is 6.36. The number of benzene rings is 1. The van der Waals surface area contributed by atoms with Crippen molar-refractivity contribution in [2.24, 2.45) is 0 Å². The van der Waals surface area contributed by atoms with Crippen LogP contribution in [-0.2, 0) is 13.1 Å². The van der Waals surface area contributed by atoms with Crippen LogP contribution in [0.2, 0.25) is 0 Å². The molecule has 1 aliphatic heterocycles. The second-order valence-electron chi connectivity index (χ2n) is 5.32. The zero-order chi connectivity index (χ0) is 11.2. The Morgan fingerprint density at radius 1 is 1.25 bits per heavy atom. The molecule has 0 aromatic heterocycles. The fraction of sp³-hybridized carbons (Fsp3) is 0.571. The molecule has 0 spiro atoms. The largest absolute Gasteiger partial charge is 0.399 e. The normalized spacial score (nSPS) is 22.8. The van der Waals surface area contributed by atoms with E-state index in [1.165, 1.54) is 36.8 Å². The van der Waals surface area contributed by atoms with Gasteiger partial charge in [-0.1, -0.05) is 13.0 Å². The van der Waals surface area contributed by atoms with Crippen molar-refractivity contribution in [2.75, 3.05) is 5.73 Å². The highest BCUT2D eigenvalue weighted by Gasteiger charge is 2.42. The van der Waals surface area contributed by atoms with E-state index in [0.29, 0.717) is 5.54 Å². The van der Waals surface area contributed by atoms with Crippen LogP contribution in [0, 0.1) is 0 Å². The van der Waals surface area contributed by atoms with Crippen molar-refractivity contribution in [1.82, 2.24) is 4.90 Å². The number of rotatable bonds is 2. The van der Waals surface area contributed by atoms with E-state index in [-0.39, 0.29) is 0 Å². The monoisotopic (exact) mass is 216 g/mol. The molecule has 86 valence electrons. The maximum atomic E-state index is 5.85. The summed E-state index contributed by atoms with van der Waals surface area (Å²) in [5.41, 5.74) is 10.2. The summed E-state index contributed by atoms with van der Waals surface area (Å²) < 4.78 is 0. The van der Waals surface area contributed by atoms with Gasteiger partial charge < -0.3 is 5.73 Å². The Hall–Kier alpha value is -1.02. The lowest BCUT2D eigenvalue weighted by atomic mass is 9.73. The van der Waals surface area contributed by atoms with Gasteiger partial charge in [-0.25, -0.2) is 0 Å². The topological polar surface area (TPSA) is 29.3 Å². The minimum Gasteiger partial charge on any atom is -0.399 e. The molecular formula is C14H20N2. The fourth-order valence-electron chi connectivity index (χ4n) is 3.23. The van der Waals surface area contributed by atoms with Crippen molar-refractivity contribution < 1.29 is 0 Å².